The molecule has 0 saturated heterocycles. The third kappa shape index (κ3) is 3.80. The highest BCUT2D eigenvalue weighted by molar-refractivity contribution is 7.14. The summed E-state index contributed by atoms with van der Waals surface area (Å²) in [6, 6.07) is 18.4. The van der Waals surface area contributed by atoms with Crippen LogP contribution in [0.15, 0.2) is 53.9 Å². The highest BCUT2D eigenvalue weighted by atomic mass is 32.1. The second kappa shape index (κ2) is 7.26. The summed E-state index contributed by atoms with van der Waals surface area (Å²) in [6.07, 6.45) is 0. The number of carbonyl (C=O) groups excluding carboxylic acids is 1. The van der Waals surface area contributed by atoms with E-state index >= 15 is 0 Å². The summed E-state index contributed by atoms with van der Waals surface area (Å²) < 4.78 is 0. The van der Waals surface area contributed by atoms with E-state index < -0.39 is 0 Å². The molecule has 1 amide bonds. The van der Waals surface area contributed by atoms with Gasteiger partial charge in [-0.3, -0.25) is 4.79 Å². The fourth-order valence-corrected chi connectivity index (χ4v) is 3.45. The Morgan fingerprint density at radius 1 is 1.21 bits per heavy atom. The predicted molar refractivity (Wildman–Crippen MR) is 97.1 cm³/mol. The summed E-state index contributed by atoms with van der Waals surface area (Å²) >= 11 is 1.37. The molecule has 0 fully saturated rings. The van der Waals surface area contributed by atoms with Crippen molar-refractivity contribution >= 4 is 33.0 Å². The number of nitriles is 1. The van der Waals surface area contributed by atoms with E-state index in [2.05, 4.69) is 41.7 Å². The van der Waals surface area contributed by atoms with Crippen molar-refractivity contribution in [2.75, 3.05) is 18.9 Å². The van der Waals surface area contributed by atoms with Crippen molar-refractivity contribution in [1.29, 1.82) is 5.26 Å². The van der Waals surface area contributed by atoms with Crippen molar-refractivity contribution in [3.05, 3.63) is 65.0 Å². The Morgan fingerprint density at radius 3 is 2.79 bits per heavy atom. The summed E-state index contributed by atoms with van der Waals surface area (Å²) in [5.41, 5.74) is 1.72. The quantitative estimate of drug-likeness (QED) is 0.752. The minimum absolute atomic E-state index is 0.0766. The zero-order valence-electron chi connectivity index (χ0n) is 13.4. The lowest BCUT2D eigenvalue weighted by atomic mass is 10.1. The van der Waals surface area contributed by atoms with Gasteiger partial charge in [0.2, 0.25) is 0 Å². The molecule has 0 saturated carbocycles. The molecule has 2 N–H and O–H groups in total. The Labute approximate surface area is 144 Å². The number of thiophene rings is 1. The Morgan fingerprint density at radius 2 is 2.00 bits per heavy atom. The highest BCUT2D eigenvalue weighted by Gasteiger charge is 2.13. The summed E-state index contributed by atoms with van der Waals surface area (Å²) in [6.45, 7) is 1.13. The van der Waals surface area contributed by atoms with Gasteiger partial charge in [0.05, 0.1) is 12.6 Å². The van der Waals surface area contributed by atoms with Gasteiger partial charge < -0.3 is 10.2 Å². The molecule has 24 heavy (non-hydrogen) atoms. The molecule has 0 aliphatic heterocycles. The van der Waals surface area contributed by atoms with Gasteiger partial charge in [-0.2, -0.15) is 5.26 Å². The van der Waals surface area contributed by atoms with Gasteiger partial charge in [-0.05, 0) is 28.3 Å². The lowest BCUT2D eigenvalue weighted by molar-refractivity contribution is -0.885. The Bertz CT molecular complexity index is 910. The van der Waals surface area contributed by atoms with E-state index in [4.69, 9.17) is 5.26 Å². The van der Waals surface area contributed by atoms with Crippen LogP contribution in [-0.4, -0.2) is 19.5 Å². The van der Waals surface area contributed by atoms with E-state index in [1.165, 1.54) is 27.7 Å². The number of benzene rings is 2. The number of hydrogen-bond donors (Lipinski definition) is 2. The van der Waals surface area contributed by atoms with Crippen molar-refractivity contribution < 1.29 is 9.69 Å². The first-order chi connectivity index (χ1) is 11.7. The molecule has 0 radical (unpaired) electrons. The molecular formula is C19H18N3OS+. The first kappa shape index (κ1) is 16.2. The molecule has 0 aliphatic carbocycles. The monoisotopic (exact) mass is 336 g/mol. The number of fused-ring (bicyclic) bond motifs is 1. The second-order valence-corrected chi connectivity index (χ2v) is 6.73. The number of hydrogen-bond acceptors (Lipinski definition) is 3. The number of nitrogens with zero attached hydrogens (tertiary/aromatic N) is 1. The molecule has 1 unspecified atom stereocenters. The number of amides is 1. The van der Waals surface area contributed by atoms with Gasteiger partial charge in [-0.1, -0.05) is 36.4 Å². The minimum atomic E-state index is -0.0766. The van der Waals surface area contributed by atoms with Gasteiger partial charge in [0, 0.05) is 5.56 Å². The zero-order valence-corrected chi connectivity index (χ0v) is 14.2. The molecule has 0 spiro atoms. The lowest BCUT2D eigenvalue weighted by Gasteiger charge is -2.14. The summed E-state index contributed by atoms with van der Waals surface area (Å²) in [7, 11) is 1.99. The first-order valence-electron chi connectivity index (χ1n) is 7.72. The van der Waals surface area contributed by atoms with E-state index in [9.17, 15) is 4.79 Å². The Balaban J connectivity index is 1.61. The fraction of sp³-hybridized carbons (Fsp3) is 0.158. The lowest BCUT2D eigenvalue weighted by Crippen LogP contribution is -3.08. The van der Waals surface area contributed by atoms with Crippen molar-refractivity contribution in [3.63, 3.8) is 0 Å². The van der Waals surface area contributed by atoms with Gasteiger partial charge in [0.15, 0.2) is 6.54 Å². The minimum Gasteiger partial charge on any atom is -0.326 e. The maximum atomic E-state index is 12.2. The number of rotatable bonds is 5. The molecule has 120 valence electrons. The average Bonchev–Trinajstić information content (AvgIpc) is 3.01. The van der Waals surface area contributed by atoms with Crippen molar-refractivity contribution in [2.24, 2.45) is 0 Å². The molecule has 1 aromatic heterocycles. The number of anilines is 1. The van der Waals surface area contributed by atoms with Crippen LogP contribution in [0.5, 0.6) is 0 Å². The molecule has 0 bridgehead atoms. The van der Waals surface area contributed by atoms with Gasteiger partial charge in [-0.25, -0.2) is 0 Å². The van der Waals surface area contributed by atoms with Crippen LogP contribution in [0.3, 0.4) is 0 Å². The molecular weight excluding hydrogens is 318 g/mol. The van der Waals surface area contributed by atoms with E-state index in [0.29, 0.717) is 17.1 Å². The molecule has 4 nitrogen and oxygen atoms in total. The van der Waals surface area contributed by atoms with Crippen LogP contribution in [0, 0.1) is 11.3 Å². The van der Waals surface area contributed by atoms with Crippen LogP contribution in [0.2, 0.25) is 0 Å². The van der Waals surface area contributed by atoms with Gasteiger partial charge in [0.1, 0.15) is 17.6 Å². The average molecular weight is 336 g/mol. The first-order valence-corrected chi connectivity index (χ1v) is 8.60. The van der Waals surface area contributed by atoms with Gasteiger partial charge >= 0.3 is 0 Å². The second-order valence-electron chi connectivity index (χ2n) is 5.82. The van der Waals surface area contributed by atoms with Gasteiger partial charge in [0.25, 0.3) is 5.91 Å². The molecule has 2 aromatic carbocycles. The van der Waals surface area contributed by atoms with Crippen LogP contribution in [0.25, 0.3) is 10.8 Å². The van der Waals surface area contributed by atoms with Crippen LogP contribution >= 0.6 is 11.3 Å². The van der Waals surface area contributed by atoms with E-state index in [0.717, 1.165) is 11.4 Å². The maximum Gasteiger partial charge on any atom is 0.280 e. The van der Waals surface area contributed by atoms with E-state index in [1.807, 2.05) is 19.2 Å². The van der Waals surface area contributed by atoms with Crippen molar-refractivity contribution in [2.45, 2.75) is 6.54 Å². The van der Waals surface area contributed by atoms with Crippen LogP contribution in [0.1, 0.15) is 11.1 Å². The molecule has 1 atom stereocenters. The molecule has 0 aliphatic rings. The molecule has 3 aromatic rings. The van der Waals surface area contributed by atoms with Crippen LogP contribution < -0.4 is 10.2 Å². The maximum absolute atomic E-state index is 12.2. The van der Waals surface area contributed by atoms with Crippen molar-refractivity contribution in [3.8, 4) is 6.07 Å². The highest BCUT2D eigenvalue weighted by Crippen LogP contribution is 2.21. The fourth-order valence-electron chi connectivity index (χ4n) is 2.70. The zero-order chi connectivity index (χ0) is 16.9. The molecule has 3 rings (SSSR count). The van der Waals surface area contributed by atoms with Gasteiger partial charge in [-0.15, -0.1) is 11.3 Å². The third-order valence-electron chi connectivity index (χ3n) is 3.82. The molecule has 1 heterocycles. The van der Waals surface area contributed by atoms with E-state index in [-0.39, 0.29) is 5.91 Å². The number of quaternary nitrogens is 1. The summed E-state index contributed by atoms with van der Waals surface area (Å²) in [5, 5.41) is 16.7. The smallest absolute Gasteiger partial charge is 0.280 e. The largest absolute Gasteiger partial charge is 0.326 e. The Kier molecular flexibility index (Phi) is 4.90. The summed E-state index contributed by atoms with van der Waals surface area (Å²) in [4.78, 5) is 13.3. The standard InChI is InChI=1S/C19H17N3OS/c1-22(13-18(23)21-19-17(11-20)8-9-24-19)12-14-6-7-15-4-2-3-5-16(15)10-14/h2-10H,12-13H2,1H3,(H,21,23)/p+1. The number of carbonyl (C=O) groups is 1. The van der Waals surface area contributed by atoms with Crippen molar-refractivity contribution in [1.82, 2.24) is 0 Å². The van der Waals surface area contributed by atoms with Crippen LogP contribution in [-0.2, 0) is 11.3 Å². The number of nitrogens with one attached hydrogen (secondary N) is 2. The topological polar surface area (TPSA) is 57.3 Å². The van der Waals surface area contributed by atoms with E-state index in [1.54, 1.807) is 11.4 Å². The third-order valence-corrected chi connectivity index (χ3v) is 4.65. The molecule has 5 heteroatoms. The normalized spacial score (nSPS) is 11.8. The summed E-state index contributed by atoms with van der Waals surface area (Å²) in [5.74, 6) is -0.0766. The SMILES string of the molecule is C[NH+](CC(=O)Nc1sccc1C#N)Cc1ccc2ccccc2c1. The Hall–Kier alpha value is -2.68. The predicted octanol–water partition coefficient (Wildman–Crippen LogP) is 2.43. The number of likely N-dealkylation sites (N-methyl/N-ethyl adjacent to an activating group) is 1. The van der Waals surface area contributed by atoms with Crippen LogP contribution in [0.4, 0.5) is 5.00 Å².